The van der Waals surface area contributed by atoms with Crippen molar-refractivity contribution < 1.29 is 23.8 Å². The van der Waals surface area contributed by atoms with Gasteiger partial charge in [0.05, 0.1) is 13.2 Å². The van der Waals surface area contributed by atoms with Crippen molar-refractivity contribution in [3.63, 3.8) is 0 Å². The Morgan fingerprint density at radius 3 is 1.41 bits per heavy atom. The van der Waals surface area contributed by atoms with E-state index in [4.69, 9.17) is 14.2 Å². The summed E-state index contributed by atoms with van der Waals surface area (Å²) in [6, 6.07) is 14.9. The van der Waals surface area contributed by atoms with Gasteiger partial charge in [-0.05, 0) is 84.0 Å². The van der Waals surface area contributed by atoms with E-state index < -0.39 is 0 Å². The highest BCUT2D eigenvalue weighted by Crippen LogP contribution is 2.35. The van der Waals surface area contributed by atoms with Crippen LogP contribution in [-0.4, -0.2) is 23.8 Å². The van der Waals surface area contributed by atoms with E-state index in [1.165, 1.54) is 21.6 Å². The van der Waals surface area contributed by atoms with E-state index in [9.17, 15) is 9.59 Å². The molecule has 0 heterocycles. The van der Waals surface area contributed by atoms with E-state index in [1.807, 2.05) is 48.5 Å². The van der Waals surface area contributed by atoms with Gasteiger partial charge in [-0.2, -0.15) is 0 Å². The van der Waals surface area contributed by atoms with Crippen molar-refractivity contribution in [1.82, 2.24) is 0 Å². The van der Waals surface area contributed by atoms with E-state index in [1.54, 1.807) is 13.8 Å². The van der Waals surface area contributed by atoms with E-state index in [-0.39, 0.29) is 10.6 Å². The summed E-state index contributed by atoms with van der Waals surface area (Å²) in [6.07, 6.45) is 0. The van der Waals surface area contributed by atoms with Crippen LogP contribution in [0.5, 0.6) is 11.5 Å². The highest BCUT2D eigenvalue weighted by atomic mass is 33.1. The smallest absolute Gasteiger partial charge is 0.378 e. The fraction of sp³-hybridized carbons (Fsp3) is 0.222. The van der Waals surface area contributed by atoms with Crippen molar-refractivity contribution in [2.24, 2.45) is 0 Å². The predicted octanol–water partition coefficient (Wildman–Crippen LogP) is 7.27. The first-order valence-electron chi connectivity index (χ1n) is 8.01. The molecule has 0 atom stereocenters. The molecular weight excluding hydrogens is 424 g/mol. The van der Waals surface area contributed by atoms with Crippen LogP contribution in [-0.2, 0) is 9.47 Å². The zero-order valence-electron chi connectivity index (χ0n) is 14.7. The molecule has 0 aliphatic rings. The summed E-state index contributed by atoms with van der Waals surface area (Å²) < 4.78 is 15.5. The lowest BCUT2D eigenvalue weighted by Gasteiger charge is -2.07. The Kier molecular flexibility index (Phi) is 9.82. The van der Waals surface area contributed by atoms with Gasteiger partial charge in [0, 0.05) is 31.4 Å². The summed E-state index contributed by atoms with van der Waals surface area (Å²) in [4.78, 5) is 24.5. The SMILES string of the molecule is CCOC(=O)SSc1ccc(Oc2ccc(SSC(=O)OCC)cc2)cc1. The summed E-state index contributed by atoms with van der Waals surface area (Å²) >= 11 is 0. The standard InChI is InChI=1S/C18H18O5S4/c1-3-21-17(19)26-24-15-9-5-13(6-10-15)23-14-7-11-16(12-8-14)25-27-18(20)22-4-2/h5-12H,3-4H2,1-2H3. The zero-order valence-corrected chi connectivity index (χ0v) is 18.0. The third-order valence-corrected chi connectivity index (χ3v) is 6.89. The molecule has 0 spiro atoms. The molecule has 2 rings (SSSR count). The number of carbonyl (C=O) groups excluding carboxylic acids is 2. The molecule has 27 heavy (non-hydrogen) atoms. The first-order chi connectivity index (χ1) is 13.1. The maximum Gasteiger partial charge on any atom is 0.378 e. The molecule has 0 aliphatic heterocycles. The summed E-state index contributed by atoms with van der Waals surface area (Å²) in [7, 11) is 4.79. The fourth-order valence-corrected chi connectivity index (χ4v) is 4.81. The van der Waals surface area contributed by atoms with Gasteiger partial charge in [-0.15, -0.1) is 0 Å². The van der Waals surface area contributed by atoms with Crippen molar-refractivity contribution in [3.8, 4) is 11.5 Å². The average Bonchev–Trinajstić information content (AvgIpc) is 2.67. The molecule has 0 aliphatic carbocycles. The molecule has 0 saturated heterocycles. The van der Waals surface area contributed by atoms with Crippen LogP contribution in [0.1, 0.15) is 13.8 Å². The quantitative estimate of drug-likeness (QED) is 0.310. The van der Waals surface area contributed by atoms with Crippen molar-refractivity contribution in [1.29, 1.82) is 0 Å². The van der Waals surface area contributed by atoms with E-state index >= 15 is 0 Å². The van der Waals surface area contributed by atoms with Gasteiger partial charge in [0.15, 0.2) is 0 Å². The van der Waals surface area contributed by atoms with Gasteiger partial charge in [0.1, 0.15) is 11.5 Å². The monoisotopic (exact) mass is 442 g/mol. The fourth-order valence-electron chi connectivity index (χ4n) is 1.71. The van der Waals surface area contributed by atoms with Gasteiger partial charge in [0.2, 0.25) is 0 Å². The van der Waals surface area contributed by atoms with Crippen LogP contribution in [0.2, 0.25) is 0 Å². The second kappa shape index (κ2) is 12.1. The van der Waals surface area contributed by atoms with E-state index in [0.29, 0.717) is 24.7 Å². The van der Waals surface area contributed by atoms with E-state index in [0.717, 1.165) is 31.4 Å². The van der Waals surface area contributed by atoms with Crippen LogP contribution in [0.15, 0.2) is 58.3 Å². The normalized spacial score (nSPS) is 10.3. The van der Waals surface area contributed by atoms with Gasteiger partial charge < -0.3 is 14.2 Å². The molecule has 0 saturated carbocycles. The highest BCUT2D eigenvalue weighted by molar-refractivity contribution is 8.82. The Balaban J connectivity index is 1.82. The van der Waals surface area contributed by atoms with Gasteiger partial charge in [-0.25, -0.2) is 9.59 Å². The molecule has 144 valence electrons. The van der Waals surface area contributed by atoms with Gasteiger partial charge >= 0.3 is 10.6 Å². The molecular formula is C18H18O5S4. The summed E-state index contributed by atoms with van der Waals surface area (Å²) in [5, 5.41) is -0.608. The molecule has 9 heteroatoms. The van der Waals surface area contributed by atoms with Crippen molar-refractivity contribution in [3.05, 3.63) is 48.5 Å². The molecule has 0 fully saturated rings. The maximum absolute atomic E-state index is 11.3. The molecule has 0 N–H and O–H groups in total. The Morgan fingerprint density at radius 1 is 0.704 bits per heavy atom. The van der Waals surface area contributed by atoms with Crippen LogP contribution >= 0.6 is 43.2 Å². The average molecular weight is 443 g/mol. The van der Waals surface area contributed by atoms with Crippen LogP contribution in [0.3, 0.4) is 0 Å². The molecule has 2 aromatic rings. The molecule has 5 nitrogen and oxygen atoms in total. The topological polar surface area (TPSA) is 61.8 Å². The zero-order chi connectivity index (χ0) is 19.5. The Bertz CT molecular complexity index is 671. The van der Waals surface area contributed by atoms with Crippen LogP contribution < -0.4 is 4.74 Å². The third-order valence-electron chi connectivity index (χ3n) is 2.82. The number of benzene rings is 2. The highest BCUT2D eigenvalue weighted by Gasteiger charge is 2.07. The predicted molar refractivity (Wildman–Crippen MR) is 114 cm³/mol. The Hall–Kier alpha value is -1.42. The number of hydrogen-bond donors (Lipinski definition) is 0. The van der Waals surface area contributed by atoms with Crippen molar-refractivity contribution in [2.45, 2.75) is 23.6 Å². The molecule has 0 radical (unpaired) electrons. The Labute approximate surface area is 174 Å². The second-order valence-electron chi connectivity index (χ2n) is 4.74. The van der Waals surface area contributed by atoms with Gasteiger partial charge in [-0.1, -0.05) is 0 Å². The number of carbonyl (C=O) groups is 2. The van der Waals surface area contributed by atoms with Crippen molar-refractivity contribution in [2.75, 3.05) is 13.2 Å². The minimum atomic E-state index is -0.304. The summed E-state index contributed by atoms with van der Waals surface area (Å²) in [5.41, 5.74) is 0. The van der Waals surface area contributed by atoms with Crippen LogP contribution in [0.4, 0.5) is 9.59 Å². The number of ether oxygens (including phenoxy) is 3. The maximum atomic E-state index is 11.3. The van der Waals surface area contributed by atoms with Crippen molar-refractivity contribution >= 4 is 53.8 Å². The molecule has 0 bridgehead atoms. The number of hydrogen-bond acceptors (Lipinski definition) is 9. The molecule has 0 aromatic heterocycles. The van der Waals surface area contributed by atoms with E-state index in [2.05, 4.69) is 0 Å². The minimum absolute atomic E-state index is 0.304. The summed E-state index contributed by atoms with van der Waals surface area (Å²) in [5.74, 6) is 1.39. The lowest BCUT2D eigenvalue weighted by molar-refractivity contribution is 0.181. The lowest BCUT2D eigenvalue weighted by Crippen LogP contribution is -1.93. The molecule has 0 unspecified atom stereocenters. The number of rotatable bonds is 8. The first-order valence-corrected chi connectivity index (χ1v) is 12.3. The van der Waals surface area contributed by atoms with Crippen LogP contribution in [0, 0.1) is 0 Å². The largest absolute Gasteiger partial charge is 0.457 e. The minimum Gasteiger partial charge on any atom is -0.457 e. The lowest BCUT2D eigenvalue weighted by atomic mass is 10.3. The molecule has 0 amide bonds. The summed E-state index contributed by atoms with van der Waals surface area (Å²) in [6.45, 7) is 4.30. The van der Waals surface area contributed by atoms with Gasteiger partial charge in [-0.3, -0.25) is 0 Å². The third kappa shape index (κ3) is 8.42. The van der Waals surface area contributed by atoms with Gasteiger partial charge in [0.25, 0.3) is 0 Å². The van der Waals surface area contributed by atoms with Crippen LogP contribution in [0.25, 0.3) is 0 Å². The molecule has 2 aromatic carbocycles. The first kappa shape index (κ1) is 21.9. The Morgan fingerprint density at radius 2 is 1.07 bits per heavy atom. The second-order valence-corrected chi connectivity index (χ2v) is 9.02.